The van der Waals surface area contributed by atoms with Crippen LogP contribution >= 0.6 is 11.6 Å². The fourth-order valence-electron chi connectivity index (χ4n) is 2.19. The number of hydrogen-bond donors (Lipinski definition) is 2. The summed E-state index contributed by atoms with van der Waals surface area (Å²) in [6, 6.07) is 7.07. The molecule has 1 aromatic carbocycles. The smallest absolute Gasteiger partial charge is 0.165 e. The molecular formula is C16H21ClN4O. The van der Waals surface area contributed by atoms with Crippen LogP contribution < -0.4 is 5.32 Å². The molecule has 0 saturated carbocycles. The van der Waals surface area contributed by atoms with Crippen molar-refractivity contribution in [2.24, 2.45) is 0 Å². The number of aromatic nitrogens is 2. The predicted molar refractivity (Wildman–Crippen MR) is 90.4 cm³/mol. The van der Waals surface area contributed by atoms with Crippen LogP contribution in [0.2, 0.25) is 5.02 Å². The van der Waals surface area contributed by atoms with Gasteiger partial charge in [0, 0.05) is 23.8 Å². The van der Waals surface area contributed by atoms with Crippen LogP contribution in [-0.2, 0) is 0 Å². The van der Waals surface area contributed by atoms with E-state index >= 15 is 0 Å². The van der Waals surface area contributed by atoms with Gasteiger partial charge in [-0.05, 0) is 44.8 Å². The van der Waals surface area contributed by atoms with Crippen LogP contribution in [0.25, 0.3) is 11.4 Å². The summed E-state index contributed by atoms with van der Waals surface area (Å²) in [4.78, 5) is 10.8. The molecule has 0 spiro atoms. The molecule has 0 radical (unpaired) electrons. The van der Waals surface area contributed by atoms with Gasteiger partial charge in [-0.2, -0.15) is 0 Å². The van der Waals surface area contributed by atoms with Crippen LogP contribution in [0.15, 0.2) is 30.5 Å². The molecule has 1 aromatic heterocycles. The first-order valence-corrected chi connectivity index (χ1v) is 7.61. The molecule has 0 aliphatic carbocycles. The Labute approximate surface area is 136 Å². The molecule has 118 valence electrons. The van der Waals surface area contributed by atoms with Crippen LogP contribution in [0.4, 0.5) is 5.82 Å². The first-order valence-electron chi connectivity index (χ1n) is 7.23. The van der Waals surface area contributed by atoms with E-state index in [1.807, 2.05) is 6.07 Å². The lowest BCUT2D eigenvalue weighted by Gasteiger charge is -2.23. The van der Waals surface area contributed by atoms with E-state index in [0.717, 1.165) is 18.8 Å². The van der Waals surface area contributed by atoms with Gasteiger partial charge in [-0.15, -0.1) is 0 Å². The van der Waals surface area contributed by atoms with Gasteiger partial charge in [0.1, 0.15) is 11.6 Å². The molecule has 0 fully saturated rings. The number of phenols is 1. The molecule has 2 aromatic rings. The Morgan fingerprint density at radius 1 is 1.32 bits per heavy atom. The van der Waals surface area contributed by atoms with Crippen LogP contribution in [-0.4, -0.2) is 46.7 Å². The maximum Gasteiger partial charge on any atom is 0.165 e. The van der Waals surface area contributed by atoms with E-state index in [0.29, 0.717) is 22.5 Å². The number of rotatable bonds is 6. The highest BCUT2D eigenvalue weighted by Crippen LogP contribution is 2.29. The third-order valence-electron chi connectivity index (χ3n) is 3.58. The van der Waals surface area contributed by atoms with Gasteiger partial charge in [0.05, 0.1) is 5.56 Å². The number of likely N-dealkylation sites (N-methyl/N-ethyl adjacent to an activating group) is 1. The molecule has 0 bridgehead atoms. The minimum absolute atomic E-state index is 0.112. The van der Waals surface area contributed by atoms with Crippen molar-refractivity contribution in [2.75, 3.05) is 26.0 Å². The Morgan fingerprint density at radius 2 is 2.09 bits per heavy atom. The monoisotopic (exact) mass is 320 g/mol. The number of nitrogens with zero attached hydrogens (tertiary/aromatic N) is 3. The molecule has 0 aliphatic heterocycles. The summed E-state index contributed by atoms with van der Waals surface area (Å²) in [5.41, 5.74) is 0.524. The minimum atomic E-state index is 0.112. The van der Waals surface area contributed by atoms with Crippen molar-refractivity contribution >= 4 is 17.4 Å². The maximum absolute atomic E-state index is 9.94. The van der Waals surface area contributed by atoms with E-state index in [2.05, 4.69) is 41.2 Å². The van der Waals surface area contributed by atoms with Crippen molar-refractivity contribution in [1.82, 2.24) is 14.9 Å². The van der Waals surface area contributed by atoms with Crippen molar-refractivity contribution in [3.05, 3.63) is 35.5 Å². The Bertz CT molecular complexity index is 633. The highest BCUT2D eigenvalue weighted by molar-refractivity contribution is 6.30. The molecule has 2 N–H and O–H groups in total. The lowest BCUT2D eigenvalue weighted by molar-refractivity contribution is 0.298. The van der Waals surface area contributed by atoms with E-state index in [9.17, 15) is 5.11 Å². The summed E-state index contributed by atoms with van der Waals surface area (Å²) in [5, 5.41) is 13.8. The highest BCUT2D eigenvalue weighted by atomic mass is 35.5. The SMILES string of the molecule is CC[C@@H](CNc1ccnc(-c2cc(Cl)ccc2O)n1)N(C)C. The Hall–Kier alpha value is -1.85. The van der Waals surface area contributed by atoms with Gasteiger partial charge in [-0.1, -0.05) is 18.5 Å². The average molecular weight is 321 g/mol. The number of aromatic hydroxyl groups is 1. The topological polar surface area (TPSA) is 61.3 Å². The second kappa shape index (κ2) is 7.42. The van der Waals surface area contributed by atoms with Crippen molar-refractivity contribution in [3.63, 3.8) is 0 Å². The normalized spacial score (nSPS) is 12.4. The molecule has 0 saturated heterocycles. The van der Waals surface area contributed by atoms with Gasteiger partial charge in [-0.3, -0.25) is 0 Å². The summed E-state index contributed by atoms with van der Waals surface area (Å²) in [7, 11) is 4.12. The third kappa shape index (κ3) is 4.08. The lowest BCUT2D eigenvalue weighted by atomic mass is 10.2. The number of halogens is 1. The molecule has 22 heavy (non-hydrogen) atoms. The summed E-state index contributed by atoms with van der Waals surface area (Å²) >= 11 is 5.98. The van der Waals surface area contributed by atoms with Crippen LogP contribution in [0.3, 0.4) is 0 Å². The number of benzene rings is 1. The Balaban J connectivity index is 2.18. The van der Waals surface area contributed by atoms with E-state index in [1.54, 1.807) is 24.4 Å². The van der Waals surface area contributed by atoms with Gasteiger partial charge in [0.15, 0.2) is 5.82 Å². The van der Waals surface area contributed by atoms with Crippen LogP contribution in [0.1, 0.15) is 13.3 Å². The minimum Gasteiger partial charge on any atom is -0.507 e. The number of phenolic OH excluding ortho intramolecular Hbond substituents is 1. The summed E-state index contributed by atoms with van der Waals surface area (Å²) in [5.74, 6) is 1.29. The molecule has 5 nitrogen and oxygen atoms in total. The largest absolute Gasteiger partial charge is 0.507 e. The van der Waals surface area contributed by atoms with Crippen LogP contribution in [0, 0.1) is 0 Å². The zero-order valence-corrected chi connectivity index (χ0v) is 13.8. The fourth-order valence-corrected chi connectivity index (χ4v) is 2.36. The first kappa shape index (κ1) is 16.5. The third-order valence-corrected chi connectivity index (χ3v) is 3.81. The Morgan fingerprint density at radius 3 is 2.77 bits per heavy atom. The number of anilines is 1. The Kier molecular flexibility index (Phi) is 5.57. The first-order chi connectivity index (χ1) is 10.5. The predicted octanol–water partition coefficient (Wildman–Crippen LogP) is 3.25. The summed E-state index contributed by atoms with van der Waals surface area (Å²) in [6.45, 7) is 2.95. The van der Waals surface area contributed by atoms with Gasteiger partial charge in [-0.25, -0.2) is 9.97 Å². The van der Waals surface area contributed by atoms with E-state index < -0.39 is 0 Å². The number of nitrogens with one attached hydrogen (secondary N) is 1. The quantitative estimate of drug-likeness (QED) is 0.855. The molecule has 6 heteroatoms. The highest BCUT2D eigenvalue weighted by Gasteiger charge is 2.11. The molecular weight excluding hydrogens is 300 g/mol. The molecule has 2 rings (SSSR count). The maximum atomic E-state index is 9.94. The fraction of sp³-hybridized carbons (Fsp3) is 0.375. The van der Waals surface area contributed by atoms with E-state index in [-0.39, 0.29) is 5.75 Å². The van der Waals surface area contributed by atoms with Crippen molar-refractivity contribution in [1.29, 1.82) is 0 Å². The van der Waals surface area contributed by atoms with Crippen molar-refractivity contribution in [2.45, 2.75) is 19.4 Å². The average Bonchev–Trinajstić information content (AvgIpc) is 2.50. The van der Waals surface area contributed by atoms with Gasteiger partial charge >= 0.3 is 0 Å². The molecule has 0 amide bonds. The molecule has 1 atom stereocenters. The summed E-state index contributed by atoms with van der Waals surface area (Å²) in [6.07, 6.45) is 2.72. The van der Waals surface area contributed by atoms with Crippen molar-refractivity contribution in [3.8, 4) is 17.1 Å². The van der Waals surface area contributed by atoms with Crippen molar-refractivity contribution < 1.29 is 5.11 Å². The van der Waals surface area contributed by atoms with E-state index in [4.69, 9.17) is 11.6 Å². The second-order valence-corrected chi connectivity index (χ2v) is 5.77. The van der Waals surface area contributed by atoms with Gasteiger partial charge in [0.2, 0.25) is 0 Å². The summed E-state index contributed by atoms with van der Waals surface area (Å²) < 4.78 is 0. The van der Waals surface area contributed by atoms with Crippen LogP contribution in [0.5, 0.6) is 5.75 Å². The zero-order chi connectivity index (χ0) is 16.1. The van der Waals surface area contributed by atoms with Gasteiger partial charge < -0.3 is 15.3 Å². The number of hydrogen-bond acceptors (Lipinski definition) is 5. The lowest BCUT2D eigenvalue weighted by Crippen LogP contribution is -2.34. The standard InChI is InChI=1S/C16H21ClN4O/c1-4-12(21(2)3)10-19-15-7-8-18-16(20-15)13-9-11(17)5-6-14(13)22/h5-9,12,22H,4,10H2,1-3H3,(H,18,19,20)/t12-/m0/s1. The molecule has 1 heterocycles. The second-order valence-electron chi connectivity index (χ2n) is 5.33. The molecule has 0 aliphatic rings. The van der Waals surface area contributed by atoms with E-state index in [1.165, 1.54) is 0 Å². The molecule has 0 unspecified atom stereocenters. The van der Waals surface area contributed by atoms with Gasteiger partial charge in [0.25, 0.3) is 0 Å². The zero-order valence-electron chi connectivity index (χ0n) is 13.0.